The molecule has 0 saturated heterocycles. The van der Waals surface area contributed by atoms with Crippen molar-refractivity contribution in [3.05, 3.63) is 96.6 Å². The molecule has 0 unspecified atom stereocenters. The highest BCUT2D eigenvalue weighted by molar-refractivity contribution is 9.09. The lowest BCUT2D eigenvalue weighted by Gasteiger charge is -2.00. The molecule has 0 atom stereocenters. The van der Waals surface area contributed by atoms with Gasteiger partial charge in [0.25, 0.3) is 0 Å². The summed E-state index contributed by atoms with van der Waals surface area (Å²) in [7, 11) is 0. The summed E-state index contributed by atoms with van der Waals surface area (Å²) < 4.78 is 0. The van der Waals surface area contributed by atoms with Crippen LogP contribution in [0.15, 0.2) is 91.0 Å². The van der Waals surface area contributed by atoms with Crippen molar-refractivity contribution in [2.75, 3.05) is 5.33 Å². The van der Waals surface area contributed by atoms with Crippen molar-refractivity contribution >= 4 is 37.5 Å². The molecular weight excluding hydrogens is 344 g/mol. The molecule has 0 saturated carbocycles. The van der Waals surface area contributed by atoms with E-state index in [1.807, 2.05) is 6.07 Å². The lowest BCUT2D eigenvalue weighted by atomic mass is 10.0. The molecule has 4 rings (SSSR count). The first-order chi connectivity index (χ1) is 11.4. The normalized spacial score (nSPS) is 10.3. The van der Waals surface area contributed by atoms with E-state index in [1.165, 1.54) is 27.1 Å². The molecule has 0 aromatic heterocycles. The van der Waals surface area contributed by atoms with Gasteiger partial charge in [-0.05, 0) is 45.7 Å². The monoisotopic (exact) mass is 362 g/mol. The Morgan fingerprint density at radius 2 is 0.913 bits per heavy atom. The molecule has 23 heavy (non-hydrogen) atoms. The number of rotatable bonds is 2. The van der Waals surface area contributed by atoms with Gasteiger partial charge in [0.1, 0.15) is 0 Å². The molecule has 0 bridgehead atoms. The molecule has 4 aromatic rings. The van der Waals surface area contributed by atoms with Crippen LogP contribution in [-0.4, -0.2) is 5.33 Å². The van der Waals surface area contributed by atoms with Gasteiger partial charge in [-0.2, -0.15) is 0 Å². The van der Waals surface area contributed by atoms with Crippen molar-refractivity contribution in [1.29, 1.82) is 0 Å². The Morgan fingerprint density at radius 3 is 1.30 bits per heavy atom. The summed E-state index contributed by atoms with van der Waals surface area (Å²) >= 11 is 3.39. The molecule has 0 aliphatic rings. The summed E-state index contributed by atoms with van der Waals surface area (Å²) in [6.45, 7) is 0. The molecule has 4 aromatic carbocycles. The van der Waals surface area contributed by atoms with Gasteiger partial charge < -0.3 is 0 Å². The fourth-order valence-electron chi connectivity index (χ4n) is 2.64. The molecule has 0 N–H and O–H groups in total. The number of hydrogen-bond acceptors (Lipinski definition) is 0. The predicted molar refractivity (Wildman–Crippen MR) is 105 cm³/mol. The zero-order valence-electron chi connectivity index (χ0n) is 13.0. The van der Waals surface area contributed by atoms with Crippen molar-refractivity contribution in [3.8, 4) is 0 Å². The molecule has 0 fully saturated rings. The topological polar surface area (TPSA) is 0 Å². The lowest BCUT2D eigenvalue weighted by Crippen LogP contribution is -1.82. The third-order valence-corrected chi connectivity index (χ3v) is 4.24. The van der Waals surface area contributed by atoms with Crippen LogP contribution in [0.4, 0.5) is 0 Å². The second-order valence-corrected chi connectivity index (χ2v) is 6.26. The summed E-state index contributed by atoms with van der Waals surface area (Å²) in [5.41, 5.74) is 1.40. The molecular formula is C22H19Br. The Bertz CT molecular complexity index is 776. The first-order valence-electron chi connectivity index (χ1n) is 7.84. The van der Waals surface area contributed by atoms with Crippen LogP contribution in [0.2, 0.25) is 0 Å². The molecule has 0 aliphatic heterocycles. The highest BCUT2D eigenvalue weighted by Crippen LogP contribution is 2.22. The van der Waals surface area contributed by atoms with Crippen LogP contribution >= 0.6 is 15.9 Å². The summed E-state index contributed by atoms with van der Waals surface area (Å²) in [5.74, 6) is 0. The van der Waals surface area contributed by atoms with Gasteiger partial charge in [0.05, 0.1) is 0 Å². The smallest absolute Gasteiger partial charge is 0.00718 e. The van der Waals surface area contributed by atoms with Crippen molar-refractivity contribution in [3.63, 3.8) is 0 Å². The third-order valence-electron chi connectivity index (χ3n) is 3.84. The van der Waals surface area contributed by atoms with E-state index in [-0.39, 0.29) is 0 Å². The highest BCUT2D eigenvalue weighted by atomic mass is 79.9. The number of hydrogen-bond donors (Lipinski definition) is 0. The van der Waals surface area contributed by atoms with E-state index in [1.54, 1.807) is 0 Å². The van der Waals surface area contributed by atoms with Crippen LogP contribution in [0.3, 0.4) is 0 Å². The summed E-state index contributed by atoms with van der Waals surface area (Å²) in [6.07, 6.45) is 1.13. The third kappa shape index (κ3) is 4.20. The zero-order valence-corrected chi connectivity index (χ0v) is 14.5. The molecule has 0 nitrogen and oxygen atoms in total. The van der Waals surface area contributed by atoms with Crippen molar-refractivity contribution < 1.29 is 0 Å². The van der Waals surface area contributed by atoms with E-state index in [0.29, 0.717) is 0 Å². The minimum atomic E-state index is 1.05. The van der Waals surface area contributed by atoms with Gasteiger partial charge in [0.15, 0.2) is 0 Å². The van der Waals surface area contributed by atoms with Crippen molar-refractivity contribution in [1.82, 2.24) is 0 Å². The van der Waals surface area contributed by atoms with Gasteiger partial charge in [-0.25, -0.2) is 0 Å². The van der Waals surface area contributed by atoms with Gasteiger partial charge >= 0.3 is 0 Å². The van der Waals surface area contributed by atoms with Gasteiger partial charge in [0, 0.05) is 5.33 Å². The van der Waals surface area contributed by atoms with E-state index in [9.17, 15) is 0 Å². The van der Waals surface area contributed by atoms with E-state index in [0.717, 1.165) is 11.8 Å². The van der Waals surface area contributed by atoms with Gasteiger partial charge in [-0.15, -0.1) is 0 Å². The number of fused-ring (bicyclic) bond motifs is 2. The number of benzene rings is 4. The molecule has 1 heteroatoms. The van der Waals surface area contributed by atoms with E-state index < -0.39 is 0 Å². The summed E-state index contributed by atoms with van der Waals surface area (Å²) in [4.78, 5) is 0. The van der Waals surface area contributed by atoms with Crippen LogP contribution in [0, 0.1) is 0 Å². The SMILES string of the molecule is BrCCc1ccccc1.c1ccc2cc3ccccc3cc2c1. The largest absolute Gasteiger partial charge is 0.0924 e. The fourth-order valence-corrected chi connectivity index (χ4v) is 3.09. The molecule has 0 aliphatic carbocycles. The van der Waals surface area contributed by atoms with Crippen LogP contribution in [0.1, 0.15) is 5.56 Å². The van der Waals surface area contributed by atoms with Crippen LogP contribution in [0.25, 0.3) is 21.5 Å². The molecule has 0 heterocycles. The van der Waals surface area contributed by atoms with Crippen LogP contribution in [0.5, 0.6) is 0 Å². The highest BCUT2D eigenvalue weighted by Gasteiger charge is 1.95. The first kappa shape index (κ1) is 15.8. The second kappa shape index (κ2) is 7.94. The van der Waals surface area contributed by atoms with E-state index >= 15 is 0 Å². The van der Waals surface area contributed by atoms with Crippen molar-refractivity contribution in [2.24, 2.45) is 0 Å². The molecule has 114 valence electrons. The summed E-state index contributed by atoms with van der Waals surface area (Å²) in [5, 5.41) is 6.30. The minimum Gasteiger partial charge on any atom is -0.0924 e. The maximum Gasteiger partial charge on any atom is 0.00718 e. The molecule has 0 amide bonds. The quantitative estimate of drug-likeness (QED) is 0.277. The minimum absolute atomic E-state index is 1.05. The molecule has 0 radical (unpaired) electrons. The van der Waals surface area contributed by atoms with E-state index in [4.69, 9.17) is 0 Å². The van der Waals surface area contributed by atoms with Gasteiger partial charge in [0.2, 0.25) is 0 Å². The maximum absolute atomic E-state index is 3.39. The Morgan fingerprint density at radius 1 is 0.522 bits per heavy atom. The maximum atomic E-state index is 3.39. The van der Waals surface area contributed by atoms with Crippen LogP contribution in [-0.2, 0) is 6.42 Å². The average Bonchev–Trinajstić information content (AvgIpc) is 2.62. The first-order valence-corrected chi connectivity index (χ1v) is 8.96. The Balaban J connectivity index is 0.000000151. The number of alkyl halides is 1. The number of halogens is 1. The van der Waals surface area contributed by atoms with Crippen molar-refractivity contribution in [2.45, 2.75) is 6.42 Å². The van der Waals surface area contributed by atoms with Crippen LogP contribution < -0.4 is 0 Å². The lowest BCUT2D eigenvalue weighted by molar-refractivity contribution is 1.17. The number of aryl methyl sites for hydroxylation is 1. The average molecular weight is 363 g/mol. The Labute approximate surface area is 145 Å². The Kier molecular flexibility index (Phi) is 5.44. The second-order valence-electron chi connectivity index (χ2n) is 5.47. The molecule has 0 spiro atoms. The fraction of sp³-hybridized carbons (Fsp3) is 0.0909. The predicted octanol–water partition coefficient (Wildman–Crippen LogP) is 6.62. The Hall–Kier alpha value is -2.12. The standard InChI is InChI=1S/C14H10.C8H9Br/c1-2-6-12-10-14-8-4-3-7-13(14)9-11(12)5-1;9-7-6-8-4-2-1-3-5-8/h1-10H;1-5H,6-7H2. The van der Waals surface area contributed by atoms with Gasteiger partial charge in [-0.1, -0.05) is 94.8 Å². The van der Waals surface area contributed by atoms with E-state index in [2.05, 4.69) is 101 Å². The summed E-state index contributed by atoms with van der Waals surface area (Å²) in [6, 6.07) is 31.9. The zero-order chi connectivity index (χ0) is 15.9. The van der Waals surface area contributed by atoms with Gasteiger partial charge in [-0.3, -0.25) is 0 Å².